The zero-order valence-electron chi connectivity index (χ0n) is 24.7. The summed E-state index contributed by atoms with van der Waals surface area (Å²) in [6, 6.07) is 6.53. The lowest BCUT2D eigenvalue weighted by Crippen LogP contribution is -2.53. The van der Waals surface area contributed by atoms with Crippen molar-refractivity contribution in [2.24, 2.45) is 5.92 Å². The van der Waals surface area contributed by atoms with Crippen LogP contribution in [-0.4, -0.2) is 77.3 Å². The van der Waals surface area contributed by atoms with Gasteiger partial charge in [0, 0.05) is 30.2 Å². The molecule has 2 aliphatic rings. The second-order valence-corrected chi connectivity index (χ2v) is 11.6. The zero-order valence-corrected chi connectivity index (χ0v) is 24.7. The minimum atomic E-state index is -0.707. The van der Waals surface area contributed by atoms with Crippen LogP contribution >= 0.6 is 0 Å². The van der Waals surface area contributed by atoms with Crippen molar-refractivity contribution in [3.63, 3.8) is 0 Å². The SMILES string of the molecule is CCCC[C@H](NC(=O)Cc1c[nH]c2ccccc12)C(=O)N(CCC1CCCCC1)CC(=O)N1CCC[C@@H]1C(=O)OC. The molecule has 0 bridgehead atoms. The van der Waals surface area contributed by atoms with E-state index in [4.69, 9.17) is 4.74 Å². The first-order valence-electron chi connectivity index (χ1n) is 15.4. The predicted octanol–water partition coefficient (Wildman–Crippen LogP) is 4.35. The second-order valence-electron chi connectivity index (χ2n) is 11.6. The van der Waals surface area contributed by atoms with E-state index in [0.717, 1.165) is 55.0 Å². The predicted molar refractivity (Wildman–Crippen MR) is 158 cm³/mol. The molecule has 224 valence electrons. The van der Waals surface area contributed by atoms with E-state index in [9.17, 15) is 19.2 Å². The van der Waals surface area contributed by atoms with Gasteiger partial charge in [0.1, 0.15) is 12.1 Å². The lowest BCUT2D eigenvalue weighted by Gasteiger charge is -2.32. The van der Waals surface area contributed by atoms with Gasteiger partial charge in [-0.2, -0.15) is 0 Å². The number of benzene rings is 1. The number of methoxy groups -OCH3 is 1. The number of para-hydroxylation sites is 1. The number of H-pyrrole nitrogens is 1. The normalized spacial score (nSPS) is 18.3. The van der Waals surface area contributed by atoms with Gasteiger partial charge in [-0.25, -0.2) is 4.79 Å². The van der Waals surface area contributed by atoms with Gasteiger partial charge in [0.25, 0.3) is 0 Å². The summed E-state index contributed by atoms with van der Waals surface area (Å²) in [4.78, 5) is 59.4. The number of hydrogen-bond acceptors (Lipinski definition) is 5. The maximum Gasteiger partial charge on any atom is 0.328 e. The van der Waals surface area contributed by atoms with Crippen LogP contribution in [0.3, 0.4) is 0 Å². The number of hydrogen-bond donors (Lipinski definition) is 2. The monoisotopic (exact) mass is 566 g/mol. The molecule has 1 aliphatic carbocycles. The molecule has 1 aromatic carbocycles. The van der Waals surface area contributed by atoms with Crippen LogP contribution in [-0.2, 0) is 30.3 Å². The first-order valence-corrected chi connectivity index (χ1v) is 15.4. The van der Waals surface area contributed by atoms with E-state index in [1.807, 2.05) is 30.5 Å². The van der Waals surface area contributed by atoms with Crippen molar-refractivity contribution in [1.29, 1.82) is 0 Å². The fourth-order valence-corrected chi connectivity index (χ4v) is 6.36. The lowest BCUT2D eigenvalue weighted by molar-refractivity contribution is -0.152. The Morgan fingerprint density at radius 3 is 2.63 bits per heavy atom. The molecule has 1 aliphatic heterocycles. The van der Waals surface area contributed by atoms with Gasteiger partial charge in [0.15, 0.2) is 0 Å². The Kier molecular flexibility index (Phi) is 11.2. The Balaban J connectivity index is 1.48. The molecule has 1 saturated heterocycles. The van der Waals surface area contributed by atoms with Crippen molar-refractivity contribution >= 4 is 34.6 Å². The van der Waals surface area contributed by atoms with Crippen molar-refractivity contribution < 1.29 is 23.9 Å². The van der Waals surface area contributed by atoms with Gasteiger partial charge >= 0.3 is 5.97 Å². The van der Waals surface area contributed by atoms with Gasteiger partial charge in [-0.3, -0.25) is 14.4 Å². The van der Waals surface area contributed by atoms with Crippen LogP contribution in [0.15, 0.2) is 30.5 Å². The molecule has 2 fully saturated rings. The summed E-state index contributed by atoms with van der Waals surface area (Å²) < 4.78 is 4.93. The molecule has 0 radical (unpaired) electrons. The zero-order chi connectivity index (χ0) is 29.2. The Hall–Kier alpha value is -3.36. The average Bonchev–Trinajstić information content (AvgIpc) is 3.65. The van der Waals surface area contributed by atoms with Crippen molar-refractivity contribution in [2.75, 3.05) is 26.7 Å². The summed E-state index contributed by atoms with van der Waals surface area (Å²) in [5.74, 6) is -0.554. The van der Waals surface area contributed by atoms with E-state index in [-0.39, 0.29) is 30.7 Å². The van der Waals surface area contributed by atoms with Crippen LogP contribution in [0.5, 0.6) is 0 Å². The molecule has 2 atom stereocenters. The number of fused-ring (bicyclic) bond motifs is 1. The molecule has 2 heterocycles. The van der Waals surface area contributed by atoms with E-state index in [1.165, 1.54) is 26.4 Å². The molecule has 41 heavy (non-hydrogen) atoms. The van der Waals surface area contributed by atoms with Gasteiger partial charge in [0.2, 0.25) is 17.7 Å². The molecule has 1 saturated carbocycles. The lowest BCUT2D eigenvalue weighted by atomic mass is 9.87. The average molecular weight is 567 g/mol. The standard InChI is InChI=1S/C32H46N4O5/c1-3-4-14-27(34-29(37)20-24-21-33-26-15-9-8-13-25(24)26)31(39)35(19-17-23-11-6-5-7-12-23)22-30(38)36-18-10-16-28(36)32(40)41-2/h8-9,13,15,21,23,27-28,33H,3-7,10-12,14,16-20,22H2,1-2H3,(H,34,37)/t27-,28+/m0/s1. The summed E-state index contributed by atoms with van der Waals surface area (Å²) in [5.41, 5.74) is 1.85. The highest BCUT2D eigenvalue weighted by Gasteiger charge is 2.37. The van der Waals surface area contributed by atoms with Crippen LogP contribution < -0.4 is 5.32 Å². The van der Waals surface area contributed by atoms with Gasteiger partial charge in [-0.05, 0) is 43.2 Å². The Labute approximate surface area is 243 Å². The third kappa shape index (κ3) is 8.11. The van der Waals surface area contributed by atoms with Gasteiger partial charge in [0.05, 0.1) is 20.1 Å². The fourth-order valence-electron chi connectivity index (χ4n) is 6.36. The number of rotatable bonds is 13. The van der Waals surface area contributed by atoms with Crippen LogP contribution in [0, 0.1) is 5.92 Å². The number of nitrogens with zero attached hydrogens (tertiary/aromatic N) is 2. The third-order valence-corrected chi connectivity index (χ3v) is 8.72. The van der Waals surface area contributed by atoms with Gasteiger partial charge in [-0.1, -0.05) is 70.1 Å². The number of carbonyl (C=O) groups is 4. The van der Waals surface area contributed by atoms with Crippen molar-refractivity contribution in [2.45, 2.75) is 96.1 Å². The summed E-state index contributed by atoms with van der Waals surface area (Å²) >= 11 is 0. The first kappa shape index (κ1) is 30.6. The second kappa shape index (κ2) is 15.0. The summed E-state index contributed by atoms with van der Waals surface area (Å²) in [6.07, 6.45) is 12.3. The number of amides is 3. The van der Waals surface area contributed by atoms with Gasteiger partial charge in [-0.15, -0.1) is 0 Å². The van der Waals surface area contributed by atoms with E-state index in [1.54, 1.807) is 9.80 Å². The highest BCUT2D eigenvalue weighted by Crippen LogP contribution is 2.27. The molecule has 4 rings (SSSR count). The summed E-state index contributed by atoms with van der Waals surface area (Å²) in [7, 11) is 1.33. The van der Waals surface area contributed by atoms with Crippen molar-refractivity contribution in [3.05, 3.63) is 36.0 Å². The molecular weight excluding hydrogens is 520 g/mol. The number of likely N-dealkylation sites (tertiary alicyclic amines) is 1. The van der Waals surface area contributed by atoms with Gasteiger partial charge < -0.3 is 24.8 Å². The molecule has 1 aromatic heterocycles. The number of aromatic nitrogens is 1. The number of aromatic amines is 1. The third-order valence-electron chi connectivity index (χ3n) is 8.72. The topological polar surface area (TPSA) is 112 Å². The highest BCUT2D eigenvalue weighted by molar-refractivity contribution is 5.94. The molecule has 9 heteroatoms. The number of unbranched alkanes of at least 4 members (excludes halogenated alkanes) is 1. The summed E-state index contributed by atoms with van der Waals surface area (Å²) in [6.45, 7) is 2.90. The number of esters is 1. The Bertz CT molecular complexity index is 1190. The number of carbonyl (C=O) groups excluding carboxylic acids is 4. The maximum atomic E-state index is 14.0. The van der Waals surface area contributed by atoms with E-state index in [0.29, 0.717) is 31.8 Å². The number of ether oxygens (including phenoxy) is 1. The molecule has 2 aromatic rings. The van der Waals surface area contributed by atoms with E-state index < -0.39 is 18.1 Å². The van der Waals surface area contributed by atoms with Crippen LogP contribution in [0.4, 0.5) is 0 Å². The van der Waals surface area contributed by atoms with Crippen LogP contribution in [0.1, 0.15) is 83.1 Å². The highest BCUT2D eigenvalue weighted by atomic mass is 16.5. The first-order chi connectivity index (χ1) is 19.9. The molecule has 9 nitrogen and oxygen atoms in total. The fraction of sp³-hybridized carbons (Fsp3) is 0.625. The Morgan fingerprint density at radius 2 is 1.88 bits per heavy atom. The smallest absolute Gasteiger partial charge is 0.328 e. The molecule has 0 spiro atoms. The molecular formula is C32H46N4O5. The van der Waals surface area contributed by atoms with Crippen molar-refractivity contribution in [1.82, 2.24) is 20.1 Å². The van der Waals surface area contributed by atoms with E-state index >= 15 is 0 Å². The summed E-state index contributed by atoms with van der Waals surface area (Å²) in [5, 5.41) is 4.00. The largest absolute Gasteiger partial charge is 0.467 e. The van der Waals surface area contributed by atoms with Crippen molar-refractivity contribution in [3.8, 4) is 0 Å². The Morgan fingerprint density at radius 1 is 1.10 bits per heavy atom. The molecule has 0 unspecified atom stereocenters. The van der Waals surface area contributed by atoms with Crippen LogP contribution in [0.2, 0.25) is 0 Å². The quantitative estimate of drug-likeness (QED) is 0.350. The molecule has 3 amide bonds. The minimum Gasteiger partial charge on any atom is -0.467 e. The van der Waals surface area contributed by atoms with Crippen LogP contribution in [0.25, 0.3) is 10.9 Å². The maximum absolute atomic E-state index is 14.0. The van der Waals surface area contributed by atoms with E-state index in [2.05, 4.69) is 17.2 Å². The minimum absolute atomic E-state index is 0.0972. The molecule has 2 N–H and O–H groups in total. The number of nitrogens with one attached hydrogen (secondary N) is 2.